The number of rotatable bonds is 8. The molecule has 0 aromatic heterocycles. The summed E-state index contributed by atoms with van der Waals surface area (Å²) in [5, 5.41) is 4.03. The molecule has 0 aliphatic carbocycles. The monoisotopic (exact) mass is 490 g/mol. The van der Waals surface area contributed by atoms with Crippen LogP contribution in [-0.2, 0) is 23.0 Å². The molecule has 0 heterocycles. The molecule has 3 rings (SSSR count). The summed E-state index contributed by atoms with van der Waals surface area (Å²) in [6.07, 6.45) is 1.86. The number of amides is 1. The van der Waals surface area contributed by atoms with Crippen molar-refractivity contribution >= 4 is 44.8 Å². The van der Waals surface area contributed by atoms with Gasteiger partial charge in [-0.2, -0.15) is 0 Å². The maximum absolute atomic E-state index is 12.4. The van der Waals surface area contributed by atoms with E-state index in [0.717, 1.165) is 22.9 Å². The molecule has 0 bridgehead atoms. The summed E-state index contributed by atoms with van der Waals surface area (Å²) in [5.41, 5.74) is 3.69. The van der Waals surface area contributed by atoms with Crippen LogP contribution in [0.15, 0.2) is 66.7 Å². The standard InChI is InChI=1S/C24H24Cl2N2O3S/c1-17-3-10-22(26)15-23(17)28(32(2,30)31)16-19-4-8-20(9-5-19)24(29)27-14-13-18-6-11-21(25)12-7-18/h3-12,15H,13-14,16H2,1-2H3,(H,27,29). The van der Waals surface area contributed by atoms with Gasteiger partial charge in [-0.15, -0.1) is 0 Å². The van der Waals surface area contributed by atoms with Crippen LogP contribution in [0, 0.1) is 6.92 Å². The van der Waals surface area contributed by atoms with Crippen molar-refractivity contribution in [2.45, 2.75) is 19.9 Å². The smallest absolute Gasteiger partial charge is 0.251 e. The van der Waals surface area contributed by atoms with E-state index in [2.05, 4.69) is 5.32 Å². The number of hydrogen-bond acceptors (Lipinski definition) is 3. The van der Waals surface area contributed by atoms with Gasteiger partial charge in [0.2, 0.25) is 10.0 Å². The van der Waals surface area contributed by atoms with Crippen molar-refractivity contribution in [3.8, 4) is 0 Å². The van der Waals surface area contributed by atoms with E-state index < -0.39 is 10.0 Å². The fourth-order valence-electron chi connectivity index (χ4n) is 3.23. The molecule has 5 nitrogen and oxygen atoms in total. The lowest BCUT2D eigenvalue weighted by atomic mass is 10.1. The molecule has 1 amide bonds. The number of aryl methyl sites for hydroxylation is 1. The first-order valence-electron chi connectivity index (χ1n) is 9.99. The molecule has 3 aromatic carbocycles. The molecule has 0 fully saturated rings. The fourth-order valence-corrected chi connectivity index (χ4v) is 4.46. The molecule has 0 aliphatic rings. The van der Waals surface area contributed by atoms with E-state index >= 15 is 0 Å². The number of nitrogens with one attached hydrogen (secondary N) is 1. The number of carbonyl (C=O) groups is 1. The number of carbonyl (C=O) groups excluding carboxylic acids is 1. The molecule has 0 saturated carbocycles. The molecule has 0 radical (unpaired) electrons. The van der Waals surface area contributed by atoms with E-state index in [0.29, 0.717) is 34.3 Å². The Labute approximate surface area is 199 Å². The second-order valence-corrected chi connectivity index (χ2v) is 10.3. The quantitative estimate of drug-likeness (QED) is 0.469. The van der Waals surface area contributed by atoms with Gasteiger partial charge in [-0.05, 0) is 66.4 Å². The van der Waals surface area contributed by atoms with Crippen molar-refractivity contribution in [1.29, 1.82) is 0 Å². The molecule has 3 aromatic rings. The normalized spacial score (nSPS) is 11.2. The highest BCUT2D eigenvalue weighted by Gasteiger charge is 2.20. The fraction of sp³-hybridized carbons (Fsp3) is 0.208. The van der Waals surface area contributed by atoms with Gasteiger partial charge in [0, 0.05) is 22.2 Å². The summed E-state index contributed by atoms with van der Waals surface area (Å²) in [6.45, 7) is 2.47. The second-order valence-electron chi connectivity index (χ2n) is 7.53. The SMILES string of the molecule is Cc1ccc(Cl)cc1N(Cc1ccc(C(=O)NCCc2ccc(Cl)cc2)cc1)S(C)(=O)=O. The summed E-state index contributed by atoms with van der Waals surface area (Å²) < 4.78 is 26.2. The zero-order valence-electron chi connectivity index (χ0n) is 17.8. The number of halogens is 2. The first-order valence-corrected chi connectivity index (χ1v) is 12.6. The van der Waals surface area contributed by atoms with Crippen LogP contribution in [-0.4, -0.2) is 27.1 Å². The molecule has 32 heavy (non-hydrogen) atoms. The Morgan fingerprint density at radius 1 is 0.906 bits per heavy atom. The molecule has 0 aliphatic heterocycles. The predicted octanol–water partition coefficient (Wildman–Crippen LogP) is 5.24. The summed E-state index contributed by atoms with van der Waals surface area (Å²) in [6, 6.07) is 19.5. The minimum absolute atomic E-state index is 0.137. The van der Waals surface area contributed by atoms with Crippen LogP contribution in [0.25, 0.3) is 0 Å². The van der Waals surface area contributed by atoms with Gasteiger partial charge in [-0.25, -0.2) is 8.42 Å². The third kappa shape index (κ3) is 6.48. The molecule has 0 unspecified atom stereocenters. The number of sulfonamides is 1. The van der Waals surface area contributed by atoms with Gasteiger partial charge in [-0.3, -0.25) is 9.10 Å². The highest BCUT2D eigenvalue weighted by Crippen LogP contribution is 2.28. The first-order chi connectivity index (χ1) is 15.1. The molecule has 1 N–H and O–H groups in total. The molecule has 0 saturated heterocycles. The third-order valence-corrected chi connectivity index (χ3v) is 6.61. The van der Waals surface area contributed by atoms with Crippen LogP contribution in [0.5, 0.6) is 0 Å². The topological polar surface area (TPSA) is 66.5 Å². The summed E-state index contributed by atoms with van der Waals surface area (Å²) in [5.74, 6) is -0.184. The van der Waals surface area contributed by atoms with E-state index in [1.54, 1.807) is 42.5 Å². The van der Waals surface area contributed by atoms with Crippen molar-refractivity contribution < 1.29 is 13.2 Å². The van der Waals surface area contributed by atoms with Crippen molar-refractivity contribution in [1.82, 2.24) is 5.32 Å². The van der Waals surface area contributed by atoms with Crippen molar-refractivity contribution in [2.24, 2.45) is 0 Å². The zero-order chi connectivity index (χ0) is 23.3. The zero-order valence-corrected chi connectivity index (χ0v) is 20.1. The predicted molar refractivity (Wildman–Crippen MR) is 131 cm³/mol. The van der Waals surface area contributed by atoms with Crippen LogP contribution in [0.2, 0.25) is 10.0 Å². The molecule has 0 spiro atoms. The van der Waals surface area contributed by atoms with E-state index in [1.807, 2.05) is 31.2 Å². The Morgan fingerprint density at radius 2 is 1.50 bits per heavy atom. The number of nitrogens with zero attached hydrogens (tertiary/aromatic N) is 1. The Balaban J connectivity index is 1.66. The van der Waals surface area contributed by atoms with E-state index in [4.69, 9.17) is 23.2 Å². The van der Waals surface area contributed by atoms with Gasteiger partial charge >= 0.3 is 0 Å². The molecule has 0 atom stereocenters. The summed E-state index contributed by atoms with van der Waals surface area (Å²) in [7, 11) is -3.54. The second kappa shape index (κ2) is 10.4. The maximum atomic E-state index is 12.4. The van der Waals surface area contributed by atoms with Gasteiger partial charge in [0.25, 0.3) is 5.91 Å². The number of hydrogen-bond donors (Lipinski definition) is 1. The Bertz CT molecular complexity index is 1190. The van der Waals surface area contributed by atoms with E-state index in [9.17, 15) is 13.2 Å². The van der Waals surface area contributed by atoms with Gasteiger partial charge < -0.3 is 5.32 Å². The van der Waals surface area contributed by atoms with Crippen molar-refractivity contribution in [3.63, 3.8) is 0 Å². The number of anilines is 1. The lowest BCUT2D eigenvalue weighted by Crippen LogP contribution is -2.30. The Hall–Kier alpha value is -2.54. The lowest BCUT2D eigenvalue weighted by molar-refractivity contribution is 0.0954. The maximum Gasteiger partial charge on any atom is 0.251 e. The van der Waals surface area contributed by atoms with Crippen molar-refractivity contribution in [2.75, 3.05) is 17.1 Å². The van der Waals surface area contributed by atoms with Gasteiger partial charge in [0.1, 0.15) is 0 Å². The minimum Gasteiger partial charge on any atom is -0.352 e. The van der Waals surface area contributed by atoms with Crippen molar-refractivity contribution in [3.05, 3.63) is 99.0 Å². The average Bonchev–Trinajstić information content (AvgIpc) is 2.75. The summed E-state index contributed by atoms with van der Waals surface area (Å²) in [4.78, 5) is 12.4. The molecular weight excluding hydrogens is 467 g/mol. The highest BCUT2D eigenvalue weighted by atomic mass is 35.5. The van der Waals surface area contributed by atoms with Gasteiger partial charge in [0.05, 0.1) is 18.5 Å². The number of benzene rings is 3. The lowest BCUT2D eigenvalue weighted by Gasteiger charge is -2.24. The average molecular weight is 491 g/mol. The van der Waals surface area contributed by atoms with Crippen LogP contribution in [0.4, 0.5) is 5.69 Å². The highest BCUT2D eigenvalue weighted by molar-refractivity contribution is 7.92. The largest absolute Gasteiger partial charge is 0.352 e. The van der Waals surface area contributed by atoms with E-state index in [1.165, 1.54) is 4.31 Å². The van der Waals surface area contributed by atoms with Gasteiger partial charge in [-0.1, -0.05) is 53.5 Å². The summed E-state index contributed by atoms with van der Waals surface area (Å²) >= 11 is 12.0. The minimum atomic E-state index is -3.54. The van der Waals surface area contributed by atoms with Crippen LogP contribution in [0.1, 0.15) is 27.0 Å². The van der Waals surface area contributed by atoms with Crippen LogP contribution >= 0.6 is 23.2 Å². The van der Waals surface area contributed by atoms with Crippen LogP contribution < -0.4 is 9.62 Å². The van der Waals surface area contributed by atoms with Crippen LogP contribution in [0.3, 0.4) is 0 Å². The van der Waals surface area contributed by atoms with Gasteiger partial charge in [0.15, 0.2) is 0 Å². The molecule has 8 heteroatoms. The first kappa shape index (κ1) is 24.1. The Kier molecular flexibility index (Phi) is 7.82. The third-order valence-electron chi connectivity index (χ3n) is 5.00. The molecule has 168 valence electrons. The molecular formula is C24H24Cl2N2O3S. The van der Waals surface area contributed by atoms with E-state index in [-0.39, 0.29) is 12.5 Å². The Morgan fingerprint density at radius 3 is 2.12 bits per heavy atom.